The van der Waals surface area contributed by atoms with Crippen molar-refractivity contribution in [1.82, 2.24) is 15.0 Å². The van der Waals surface area contributed by atoms with Crippen molar-refractivity contribution in [2.45, 2.75) is 0 Å². The minimum Gasteiger partial charge on any atom is -0.456 e. The summed E-state index contributed by atoms with van der Waals surface area (Å²) in [5.41, 5.74) is 6.79. The van der Waals surface area contributed by atoms with E-state index >= 15 is 0 Å². The first-order valence-corrected chi connectivity index (χ1v) is 15.0. The van der Waals surface area contributed by atoms with Gasteiger partial charge in [0.05, 0.1) is 0 Å². The highest BCUT2D eigenvalue weighted by Gasteiger charge is 2.15. The van der Waals surface area contributed by atoms with E-state index in [4.69, 9.17) is 19.4 Å². The van der Waals surface area contributed by atoms with E-state index in [-0.39, 0.29) is 0 Å². The number of rotatable bonds is 4. The number of nitrogens with zero attached hydrogens (tertiary/aromatic N) is 3. The monoisotopic (exact) mass is 575 g/mol. The molecule has 9 aromatic rings. The fraction of sp³-hybridized carbons (Fsp3) is 0. The zero-order valence-electron chi connectivity index (χ0n) is 24.2. The molecule has 0 saturated carbocycles. The van der Waals surface area contributed by atoms with Gasteiger partial charge in [0, 0.05) is 27.5 Å². The van der Waals surface area contributed by atoms with Crippen molar-refractivity contribution >= 4 is 43.5 Å². The Balaban J connectivity index is 1.18. The lowest BCUT2D eigenvalue weighted by molar-refractivity contribution is 0.669. The van der Waals surface area contributed by atoms with Gasteiger partial charge in [0.25, 0.3) is 0 Å². The normalized spacial score (nSPS) is 11.6. The largest absolute Gasteiger partial charge is 0.456 e. The maximum Gasteiger partial charge on any atom is 0.164 e. The minimum atomic E-state index is 0.622. The molecule has 2 heterocycles. The van der Waals surface area contributed by atoms with E-state index in [0.29, 0.717) is 17.5 Å². The summed E-state index contributed by atoms with van der Waals surface area (Å²) in [5, 5.41) is 7.10. The van der Waals surface area contributed by atoms with Gasteiger partial charge < -0.3 is 4.42 Å². The molecule has 2 aromatic heterocycles. The lowest BCUT2D eigenvalue weighted by Gasteiger charge is -2.08. The third kappa shape index (κ3) is 4.43. The van der Waals surface area contributed by atoms with Crippen LogP contribution in [0.3, 0.4) is 0 Å². The lowest BCUT2D eigenvalue weighted by Crippen LogP contribution is -2.00. The first-order chi connectivity index (χ1) is 22.3. The molecule has 210 valence electrons. The molecular formula is C41H25N3O. The maximum absolute atomic E-state index is 6.29. The summed E-state index contributed by atoms with van der Waals surface area (Å²) in [6.45, 7) is 0. The Hall–Kier alpha value is -6.13. The summed E-state index contributed by atoms with van der Waals surface area (Å²) in [7, 11) is 0. The molecule has 0 aliphatic heterocycles. The second kappa shape index (κ2) is 10.2. The summed E-state index contributed by atoms with van der Waals surface area (Å²) < 4.78 is 6.29. The first-order valence-electron chi connectivity index (χ1n) is 15.0. The molecule has 0 radical (unpaired) electrons. The fourth-order valence-electron chi connectivity index (χ4n) is 6.23. The van der Waals surface area contributed by atoms with Crippen molar-refractivity contribution < 1.29 is 4.42 Å². The molecule has 0 atom stereocenters. The summed E-state index contributed by atoms with van der Waals surface area (Å²) in [6.07, 6.45) is 0. The van der Waals surface area contributed by atoms with Gasteiger partial charge >= 0.3 is 0 Å². The smallest absolute Gasteiger partial charge is 0.164 e. The van der Waals surface area contributed by atoms with E-state index < -0.39 is 0 Å². The second-order valence-electron chi connectivity index (χ2n) is 11.3. The molecule has 45 heavy (non-hydrogen) atoms. The van der Waals surface area contributed by atoms with E-state index in [2.05, 4.69) is 78.9 Å². The van der Waals surface area contributed by atoms with Crippen molar-refractivity contribution in [3.63, 3.8) is 0 Å². The Kier molecular flexibility index (Phi) is 5.78. The van der Waals surface area contributed by atoms with Crippen LogP contribution in [0.1, 0.15) is 0 Å². The molecule has 0 aliphatic carbocycles. The van der Waals surface area contributed by atoms with Gasteiger partial charge in [-0.15, -0.1) is 0 Å². The van der Waals surface area contributed by atoms with Gasteiger partial charge in [-0.2, -0.15) is 0 Å². The van der Waals surface area contributed by atoms with Crippen molar-refractivity contribution in [3.05, 3.63) is 152 Å². The van der Waals surface area contributed by atoms with Crippen LogP contribution in [0.5, 0.6) is 0 Å². The van der Waals surface area contributed by atoms with Crippen LogP contribution >= 0.6 is 0 Å². The van der Waals surface area contributed by atoms with Crippen molar-refractivity contribution in [1.29, 1.82) is 0 Å². The van der Waals surface area contributed by atoms with E-state index in [1.807, 2.05) is 72.8 Å². The standard InChI is InChI=1S/C41H25N3O/c1-3-10-27(11-4-1)39-42-40(28-12-5-2-6-13-28)44-41(43-39)32-19-22-38-36(25-32)35-24-30(18-21-37(35)45-38)29-17-20-34-31(23-29)16-15-26-9-7-8-14-33(26)34/h1-25H. The van der Waals surface area contributed by atoms with Crippen LogP contribution in [0.25, 0.3) is 88.8 Å². The Morgan fingerprint density at radius 3 is 1.49 bits per heavy atom. The van der Waals surface area contributed by atoms with Gasteiger partial charge in [0.1, 0.15) is 11.2 Å². The van der Waals surface area contributed by atoms with Crippen LogP contribution in [0.2, 0.25) is 0 Å². The zero-order chi connectivity index (χ0) is 29.7. The number of aromatic nitrogens is 3. The van der Waals surface area contributed by atoms with E-state index in [0.717, 1.165) is 44.2 Å². The molecule has 4 heteroatoms. The Bertz CT molecular complexity index is 2480. The average molecular weight is 576 g/mol. The van der Waals surface area contributed by atoms with Crippen molar-refractivity contribution in [2.75, 3.05) is 0 Å². The molecule has 7 aromatic carbocycles. The SMILES string of the molecule is c1ccc(-c2nc(-c3ccccc3)nc(-c3ccc4oc5ccc(-c6ccc7c(ccc8ccccc87)c6)cc5c4c3)n2)cc1. The highest BCUT2D eigenvalue weighted by atomic mass is 16.3. The quantitative estimate of drug-likeness (QED) is 0.196. The van der Waals surface area contributed by atoms with Crippen molar-refractivity contribution in [3.8, 4) is 45.3 Å². The highest BCUT2D eigenvalue weighted by Crippen LogP contribution is 2.36. The Labute approximate surface area is 259 Å². The molecule has 0 bridgehead atoms. The van der Waals surface area contributed by atoms with Crippen molar-refractivity contribution in [2.24, 2.45) is 0 Å². The first kappa shape index (κ1) is 25.4. The van der Waals surface area contributed by atoms with Crippen LogP contribution in [-0.2, 0) is 0 Å². The average Bonchev–Trinajstić information content (AvgIpc) is 3.49. The maximum atomic E-state index is 6.29. The van der Waals surface area contributed by atoms with Gasteiger partial charge in [0.2, 0.25) is 0 Å². The summed E-state index contributed by atoms with van der Waals surface area (Å²) >= 11 is 0. The van der Waals surface area contributed by atoms with Gasteiger partial charge in [-0.25, -0.2) is 15.0 Å². The predicted octanol–water partition coefficient (Wildman–Crippen LogP) is 10.7. The van der Waals surface area contributed by atoms with E-state index in [9.17, 15) is 0 Å². The molecule has 0 aliphatic rings. The topological polar surface area (TPSA) is 51.8 Å². The van der Waals surface area contributed by atoms with Crippen LogP contribution in [0.15, 0.2) is 156 Å². The number of fused-ring (bicyclic) bond motifs is 6. The van der Waals surface area contributed by atoms with Gasteiger partial charge in [-0.1, -0.05) is 115 Å². The molecule has 0 amide bonds. The molecular weight excluding hydrogens is 550 g/mol. The second-order valence-corrected chi connectivity index (χ2v) is 11.3. The molecule has 0 unspecified atom stereocenters. The van der Waals surface area contributed by atoms with E-state index in [1.54, 1.807) is 0 Å². The highest BCUT2D eigenvalue weighted by molar-refractivity contribution is 6.10. The van der Waals surface area contributed by atoms with Crippen LogP contribution in [0.4, 0.5) is 0 Å². The molecule has 0 spiro atoms. The van der Waals surface area contributed by atoms with Gasteiger partial charge in [0.15, 0.2) is 17.5 Å². The molecule has 9 rings (SSSR count). The van der Waals surface area contributed by atoms with Crippen LogP contribution < -0.4 is 0 Å². The predicted molar refractivity (Wildman–Crippen MR) is 184 cm³/mol. The third-order valence-corrected chi connectivity index (χ3v) is 8.51. The lowest BCUT2D eigenvalue weighted by atomic mass is 9.96. The Morgan fingerprint density at radius 2 is 0.800 bits per heavy atom. The Morgan fingerprint density at radius 1 is 0.311 bits per heavy atom. The minimum absolute atomic E-state index is 0.622. The number of hydrogen-bond acceptors (Lipinski definition) is 4. The summed E-state index contributed by atoms with van der Waals surface area (Å²) in [4.78, 5) is 14.7. The molecule has 4 nitrogen and oxygen atoms in total. The zero-order valence-corrected chi connectivity index (χ0v) is 24.2. The number of furan rings is 1. The molecule has 0 saturated heterocycles. The van der Waals surface area contributed by atoms with Gasteiger partial charge in [-0.05, 0) is 69.1 Å². The summed E-state index contributed by atoms with van der Waals surface area (Å²) in [5.74, 6) is 1.91. The molecule has 0 fully saturated rings. The number of hydrogen-bond donors (Lipinski definition) is 0. The van der Waals surface area contributed by atoms with E-state index in [1.165, 1.54) is 27.1 Å². The van der Waals surface area contributed by atoms with Crippen LogP contribution in [0, 0.1) is 0 Å². The van der Waals surface area contributed by atoms with Gasteiger partial charge in [-0.3, -0.25) is 0 Å². The third-order valence-electron chi connectivity index (χ3n) is 8.51. The fourth-order valence-corrected chi connectivity index (χ4v) is 6.23. The summed E-state index contributed by atoms with van der Waals surface area (Å²) in [6, 6.07) is 52.4. The molecule has 0 N–H and O–H groups in total. The van der Waals surface area contributed by atoms with Crippen LogP contribution in [-0.4, -0.2) is 15.0 Å². The number of benzene rings is 7.